The molecule has 5 heteroatoms. The van der Waals surface area contributed by atoms with Crippen LogP contribution in [0.4, 0.5) is 0 Å². The molecule has 0 radical (unpaired) electrons. The standard InChI is InChI=1S/C12H13N5/c13-12(14)16-15-9-11-7-4-8-17(11)10-5-2-1-3-6-10/h1-9H,(H4,13,14,16)/b15-9+. The highest BCUT2D eigenvalue weighted by Gasteiger charge is 1.99. The lowest BCUT2D eigenvalue weighted by molar-refractivity contribution is 1.06. The molecule has 0 fully saturated rings. The van der Waals surface area contributed by atoms with Crippen LogP contribution in [0.3, 0.4) is 0 Å². The van der Waals surface area contributed by atoms with E-state index in [2.05, 4.69) is 10.2 Å². The predicted octanol–water partition coefficient (Wildman–Crippen LogP) is 1.08. The Morgan fingerprint density at radius 1 is 1.06 bits per heavy atom. The molecule has 1 aromatic heterocycles. The smallest absolute Gasteiger partial charge is 0.211 e. The first-order chi connectivity index (χ1) is 8.27. The number of nitrogens with zero attached hydrogens (tertiary/aromatic N) is 3. The molecule has 0 atom stereocenters. The summed E-state index contributed by atoms with van der Waals surface area (Å²) in [5.74, 6) is -0.0564. The number of hydrogen-bond donors (Lipinski definition) is 2. The minimum Gasteiger partial charge on any atom is -0.369 e. The first-order valence-corrected chi connectivity index (χ1v) is 5.12. The van der Waals surface area contributed by atoms with Gasteiger partial charge in [-0.1, -0.05) is 18.2 Å². The summed E-state index contributed by atoms with van der Waals surface area (Å²) < 4.78 is 1.99. The van der Waals surface area contributed by atoms with Crippen molar-refractivity contribution in [3.8, 4) is 5.69 Å². The zero-order valence-corrected chi connectivity index (χ0v) is 9.19. The van der Waals surface area contributed by atoms with Gasteiger partial charge in [0.05, 0.1) is 11.9 Å². The van der Waals surface area contributed by atoms with Crippen LogP contribution in [0.15, 0.2) is 58.9 Å². The highest BCUT2D eigenvalue weighted by atomic mass is 15.3. The van der Waals surface area contributed by atoms with Crippen molar-refractivity contribution in [2.45, 2.75) is 0 Å². The average Bonchev–Trinajstić information content (AvgIpc) is 2.78. The van der Waals surface area contributed by atoms with E-state index in [0.717, 1.165) is 11.4 Å². The van der Waals surface area contributed by atoms with E-state index in [9.17, 15) is 0 Å². The molecule has 5 nitrogen and oxygen atoms in total. The van der Waals surface area contributed by atoms with Gasteiger partial charge in [0, 0.05) is 11.9 Å². The van der Waals surface area contributed by atoms with Gasteiger partial charge in [-0.05, 0) is 24.3 Å². The van der Waals surface area contributed by atoms with E-state index >= 15 is 0 Å². The molecule has 86 valence electrons. The monoisotopic (exact) mass is 227 g/mol. The van der Waals surface area contributed by atoms with Gasteiger partial charge in [-0.15, -0.1) is 5.10 Å². The highest BCUT2D eigenvalue weighted by Crippen LogP contribution is 2.10. The lowest BCUT2D eigenvalue weighted by atomic mass is 10.3. The Bertz CT molecular complexity index is 535. The zero-order valence-electron chi connectivity index (χ0n) is 9.19. The van der Waals surface area contributed by atoms with Crippen LogP contribution in [0.1, 0.15) is 5.69 Å². The maximum atomic E-state index is 5.19. The van der Waals surface area contributed by atoms with Gasteiger partial charge in [-0.25, -0.2) is 0 Å². The Kier molecular flexibility index (Phi) is 3.20. The molecule has 17 heavy (non-hydrogen) atoms. The predicted molar refractivity (Wildman–Crippen MR) is 69.2 cm³/mol. The molecule has 1 heterocycles. The Morgan fingerprint density at radius 3 is 2.53 bits per heavy atom. The fourth-order valence-corrected chi connectivity index (χ4v) is 1.48. The van der Waals surface area contributed by atoms with Crippen molar-refractivity contribution in [2.75, 3.05) is 0 Å². The molecule has 0 aliphatic rings. The van der Waals surface area contributed by atoms with E-state index in [-0.39, 0.29) is 5.96 Å². The van der Waals surface area contributed by atoms with E-state index in [0.29, 0.717) is 0 Å². The van der Waals surface area contributed by atoms with Crippen LogP contribution in [0, 0.1) is 0 Å². The van der Waals surface area contributed by atoms with E-state index in [1.54, 1.807) is 6.21 Å². The Balaban J connectivity index is 2.30. The maximum absolute atomic E-state index is 5.19. The van der Waals surface area contributed by atoms with Crippen LogP contribution in [0.25, 0.3) is 5.69 Å². The fraction of sp³-hybridized carbons (Fsp3) is 0. The second-order valence-electron chi connectivity index (χ2n) is 3.41. The molecule has 1 aromatic carbocycles. The molecular formula is C12H13N5. The number of rotatable bonds is 3. The normalized spacial score (nSPS) is 10.6. The minimum absolute atomic E-state index is 0.0564. The molecule has 2 aromatic rings. The van der Waals surface area contributed by atoms with E-state index < -0.39 is 0 Å². The molecule has 4 N–H and O–H groups in total. The summed E-state index contributed by atoms with van der Waals surface area (Å²) in [5.41, 5.74) is 12.3. The zero-order chi connectivity index (χ0) is 12.1. The molecule has 2 rings (SSSR count). The van der Waals surface area contributed by atoms with E-state index in [4.69, 9.17) is 11.5 Å². The van der Waals surface area contributed by atoms with E-state index in [1.165, 1.54) is 0 Å². The summed E-state index contributed by atoms with van der Waals surface area (Å²) in [5, 5.41) is 7.35. The Labute approximate surface area is 99.1 Å². The second kappa shape index (κ2) is 4.98. The van der Waals surface area contributed by atoms with Crippen molar-refractivity contribution in [3.05, 3.63) is 54.4 Å². The number of nitrogens with two attached hydrogens (primary N) is 2. The lowest BCUT2D eigenvalue weighted by Crippen LogP contribution is -2.21. The molecule has 0 saturated heterocycles. The number of guanidine groups is 1. The SMILES string of the molecule is NC(N)=N/N=C/c1cccn1-c1ccccc1. The summed E-state index contributed by atoms with van der Waals surface area (Å²) >= 11 is 0. The van der Waals surface area contributed by atoms with Gasteiger partial charge in [0.15, 0.2) is 0 Å². The third kappa shape index (κ3) is 2.72. The lowest BCUT2D eigenvalue weighted by Gasteiger charge is -2.04. The summed E-state index contributed by atoms with van der Waals surface area (Å²) in [6, 6.07) is 13.8. The van der Waals surface area contributed by atoms with Gasteiger partial charge in [-0.2, -0.15) is 5.10 Å². The highest BCUT2D eigenvalue weighted by molar-refractivity contribution is 5.80. The van der Waals surface area contributed by atoms with Crippen LogP contribution < -0.4 is 11.5 Å². The first-order valence-electron chi connectivity index (χ1n) is 5.12. The molecular weight excluding hydrogens is 214 g/mol. The van der Waals surface area contributed by atoms with Crippen LogP contribution in [-0.2, 0) is 0 Å². The molecule has 0 aliphatic heterocycles. The second-order valence-corrected chi connectivity index (χ2v) is 3.41. The number of para-hydroxylation sites is 1. The van der Waals surface area contributed by atoms with Gasteiger partial charge < -0.3 is 16.0 Å². The molecule has 0 bridgehead atoms. The largest absolute Gasteiger partial charge is 0.369 e. The van der Waals surface area contributed by atoms with Gasteiger partial charge in [0.2, 0.25) is 5.96 Å². The van der Waals surface area contributed by atoms with Crippen molar-refractivity contribution in [1.82, 2.24) is 4.57 Å². The maximum Gasteiger partial charge on any atom is 0.211 e. The van der Waals surface area contributed by atoms with Gasteiger partial charge in [0.25, 0.3) is 0 Å². The Hall–Kier alpha value is -2.56. The minimum atomic E-state index is -0.0564. The van der Waals surface area contributed by atoms with Crippen LogP contribution in [0.2, 0.25) is 0 Å². The molecule has 0 spiro atoms. The quantitative estimate of drug-likeness (QED) is 0.467. The molecule has 0 aliphatic carbocycles. The third-order valence-electron chi connectivity index (χ3n) is 2.18. The summed E-state index contributed by atoms with van der Waals surface area (Å²) in [6.45, 7) is 0. The average molecular weight is 227 g/mol. The van der Waals surface area contributed by atoms with Gasteiger partial charge in [0.1, 0.15) is 0 Å². The van der Waals surface area contributed by atoms with Crippen molar-refractivity contribution < 1.29 is 0 Å². The topological polar surface area (TPSA) is 81.7 Å². The van der Waals surface area contributed by atoms with Crippen LogP contribution in [0.5, 0.6) is 0 Å². The van der Waals surface area contributed by atoms with Crippen molar-refractivity contribution in [3.63, 3.8) is 0 Å². The van der Waals surface area contributed by atoms with Crippen LogP contribution >= 0.6 is 0 Å². The first kappa shape index (κ1) is 10.9. The Morgan fingerprint density at radius 2 is 1.82 bits per heavy atom. The summed E-state index contributed by atoms with van der Waals surface area (Å²) in [7, 11) is 0. The number of hydrogen-bond acceptors (Lipinski definition) is 2. The van der Waals surface area contributed by atoms with Gasteiger partial charge in [-0.3, -0.25) is 0 Å². The van der Waals surface area contributed by atoms with Crippen molar-refractivity contribution >= 4 is 12.2 Å². The molecule has 0 amide bonds. The van der Waals surface area contributed by atoms with Crippen LogP contribution in [-0.4, -0.2) is 16.7 Å². The summed E-state index contributed by atoms with van der Waals surface area (Å²) in [6.07, 6.45) is 3.55. The summed E-state index contributed by atoms with van der Waals surface area (Å²) in [4.78, 5) is 0. The number of aromatic nitrogens is 1. The fourth-order valence-electron chi connectivity index (χ4n) is 1.48. The van der Waals surface area contributed by atoms with E-state index in [1.807, 2.05) is 53.2 Å². The van der Waals surface area contributed by atoms with Crippen molar-refractivity contribution in [1.29, 1.82) is 0 Å². The molecule has 0 unspecified atom stereocenters. The van der Waals surface area contributed by atoms with Crippen molar-refractivity contribution in [2.24, 2.45) is 21.7 Å². The third-order valence-corrected chi connectivity index (χ3v) is 2.18. The molecule has 0 saturated carbocycles. The number of benzene rings is 1. The van der Waals surface area contributed by atoms with Gasteiger partial charge >= 0.3 is 0 Å².